The Kier molecular flexibility index (Phi) is 4.71. The van der Waals surface area contributed by atoms with Crippen molar-refractivity contribution in [1.29, 1.82) is 0 Å². The van der Waals surface area contributed by atoms with E-state index in [1.165, 1.54) is 7.11 Å². The minimum Gasteiger partial charge on any atom is -0.468 e. The molecule has 0 aliphatic heterocycles. The van der Waals surface area contributed by atoms with Gasteiger partial charge in [0.2, 0.25) is 5.91 Å². The van der Waals surface area contributed by atoms with Crippen LogP contribution in [0.1, 0.15) is 32.3 Å². The SMILES string of the molecule is COC(=O)CN(C(=O)C1(c2ccc(Br)cc2)CC1)C(C)C. The average Bonchev–Trinajstić information content (AvgIpc) is 3.25. The second-order valence-electron chi connectivity index (χ2n) is 5.69. The lowest BCUT2D eigenvalue weighted by Gasteiger charge is -2.30. The molecule has 0 radical (unpaired) electrons. The quantitative estimate of drug-likeness (QED) is 0.764. The molecule has 4 nitrogen and oxygen atoms in total. The normalized spacial score (nSPS) is 15.7. The molecule has 2 rings (SSSR count). The van der Waals surface area contributed by atoms with Crippen molar-refractivity contribution in [3.8, 4) is 0 Å². The number of esters is 1. The molecular weight excluding hydrogens is 334 g/mol. The van der Waals surface area contributed by atoms with Gasteiger partial charge in [0, 0.05) is 10.5 Å². The van der Waals surface area contributed by atoms with E-state index in [-0.39, 0.29) is 24.5 Å². The monoisotopic (exact) mass is 353 g/mol. The predicted octanol–water partition coefficient (Wildman–Crippen LogP) is 2.89. The highest BCUT2D eigenvalue weighted by atomic mass is 79.9. The number of nitrogens with zero attached hydrogens (tertiary/aromatic N) is 1. The standard InChI is InChI=1S/C16H20BrNO3/c1-11(2)18(10-14(19)21-3)15(20)16(8-9-16)12-4-6-13(17)7-5-12/h4-7,11H,8-10H2,1-3H3. The van der Waals surface area contributed by atoms with E-state index in [9.17, 15) is 9.59 Å². The third kappa shape index (κ3) is 3.28. The number of rotatable bonds is 5. The van der Waals surface area contributed by atoms with Gasteiger partial charge in [-0.3, -0.25) is 9.59 Å². The summed E-state index contributed by atoms with van der Waals surface area (Å²) >= 11 is 3.41. The Morgan fingerprint density at radius 2 is 1.86 bits per heavy atom. The van der Waals surface area contributed by atoms with E-state index in [1.54, 1.807) is 4.90 Å². The number of benzene rings is 1. The molecule has 1 aliphatic carbocycles. The third-order valence-corrected chi connectivity index (χ3v) is 4.50. The molecule has 1 saturated carbocycles. The molecule has 1 aromatic carbocycles. The van der Waals surface area contributed by atoms with Crippen LogP contribution in [0.2, 0.25) is 0 Å². The summed E-state index contributed by atoms with van der Waals surface area (Å²) in [6, 6.07) is 7.81. The molecule has 1 aliphatic rings. The van der Waals surface area contributed by atoms with Crippen molar-refractivity contribution in [2.24, 2.45) is 0 Å². The molecule has 0 aromatic heterocycles. The summed E-state index contributed by atoms with van der Waals surface area (Å²) < 4.78 is 5.69. The van der Waals surface area contributed by atoms with Gasteiger partial charge in [0.1, 0.15) is 6.54 Å². The van der Waals surface area contributed by atoms with Gasteiger partial charge in [0.25, 0.3) is 0 Å². The number of halogens is 1. The van der Waals surface area contributed by atoms with Crippen LogP contribution in [0, 0.1) is 0 Å². The first-order chi connectivity index (χ1) is 9.90. The second-order valence-corrected chi connectivity index (χ2v) is 6.61. The topological polar surface area (TPSA) is 46.6 Å². The molecular formula is C16H20BrNO3. The summed E-state index contributed by atoms with van der Waals surface area (Å²) in [4.78, 5) is 26.1. The van der Waals surface area contributed by atoms with Gasteiger partial charge in [-0.05, 0) is 44.4 Å². The summed E-state index contributed by atoms with van der Waals surface area (Å²) in [5.41, 5.74) is 0.560. The first-order valence-electron chi connectivity index (χ1n) is 7.04. The summed E-state index contributed by atoms with van der Waals surface area (Å²) in [5.74, 6) is -0.367. The number of hydrogen-bond donors (Lipinski definition) is 0. The van der Waals surface area contributed by atoms with Gasteiger partial charge in [-0.1, -0.05) is 28.1 Å². The first kappa shape index (κ1) is 16.0. The third-order valence-electron chi connectivity index (χ3n) is 3.97. The van der Waals surface area contributed by atoms with Crippen LogP contribution in [-0.4, -0.2) is 36.5 Å². The molecule has 0 bridgehead atoms. The maximum Gasteiger partial charge on any atom is 0.325 e. The summed E-state index contributed by atoms with van der Waals surface area (Å²) in [5, 5.41) is 0. The zero-order valence-corrected chi connectivity index (χ0v) is 14.1. The van der Waals surface area contributed by atoms with Gasteiger partial charge in [-0.15, -0.1) is 0 Å². The lowest BCUT2D eigenvalue weighted by molar-refractivity contribution is -0.149. The molecule has 0 heterocycles. The number of methoxy groups -OCH3 is 1. The second kappa shape index (κ2) is 6.18. The highest BCUT2D eigenvalue weighted by Crippen LogP contribution is 2.50. The van der Waals surface area contributed by atoms with E-state index in [0.29, 0.717) is 0 Å². The fourth-order valence-electron chi connectivity index (χ4n) is 2.49. The van der Waals surface area contributed by atoms with Crippen LogP contribution in [0.15, 0.2) is 28.7 Å². The molecule has 0 saturated heterocycles. The van der Waals surface area contributed by atoms with Gasteiger partial charge in [0.15, 0.2) is 0 Å². The lowest BCUT2D eigenvalue weighted by atomic mass is 9.94. The van der Waals surface area contributed by atoms with E-state index in [0.717, 1.165) is 22.9 Å². The Bertz CT molecular complexity index is 535. The van der Waals surface area contributed by atoms with E-state index >= 15 is 0 Å². The van der Waals surface area contributed by atoms with Crippen molar-refractivity contribution < 1.29 is 14.3 Å². The van der Waals surface area contributed by atoms with Crippen LogP contribution in [0.4, 0.5) is 0 Å². The van der Waals surface area contributed by atoms with Gasteiger partial charge >= 0.3 is 5.97 Å². The van der Waals surface area contributed by atoms with E-state index in [4.69, 9.17) is 4.74 Å². The van der Waals surface area contributed by atoms with Gasteiger partial charge in [-0.2, -0.15) is 0 Å². The average molecular weight is 354 g/mol. The van der Waals surface area contributed by atoms with Crippen molar-refractivity contribution >= 4 is 27.8 Å². The molecule has 114 valence electrons. The predicted molar refractivity (Wildman–Crippen MR) is 83.9 cm³/mol. The summed E-state index contributed by atoms with van der Waals surface area (Å²) in [6.07, 6.45) is 1.66. The number of carbonyl (C=O) groups excluding carboxylic acids is 2. The number of ether oxygens (including phenoxy) is 1. The number of carbonyl (C=O) groups is 2. The van der Waals surface area contributed by atoms with Crippen LogP contribution in [0.5, 0.6) is 0 Å². The molecule has 0 unspecified atom stereocenters. The van der Waals surface area contributed by atoms with Gasteiger partial charge in [0.05, 0.1) is 12.5 Å². The van der Waals surface area contributed by atoms with Crippen LogP contribution >= 0.6 is 15.9 Å². The Hall–Kier alpha value is -1.36. The minimum atomic E-state index is -0.459. The van der Waals surface area contributed by atoms with Crippen LogP contribution < -0.4 is 0 Å². The zero-order chi connectivity index (χ0) is 15.6. The first-order valence-corrected chi connectivity index (χ1v) is 7.84. The Balaban J connectivity index is 2.23. The van der Waals surface area contributed by atoms with Crippen LogP contribution in [0.3, 0.4) is 0 Å². The molecule has 1 amide bonds. The lowest BCUT2D eigenvalue weighted by Crippen LogP contribution is -2.46. The van der Waals surface area contributed by atoms with E-state index in [2.05, 4.69) is 15.9 Å². The Morgan fingerprint density at radius 1 is 1.29 bits per heavy atom. The highest BCUT2D eigenvalue weighted by Gasteiger charge is 2.53. The molecule has 21 heavy (non-hydrogen) atoms. The van der Waals surface area contributed by atoms with Crippen molar-refractivity contribution in [3.05, 3.63) is 34.3 Å². The summed E-state index contributed by atoms with van der Waals surface area (Å²) in [7, 11) is 1.34. The molecule has 1 fully saturated rings. The Morgan fingerprint density at radius 3 is 2.29 bits per heavy atom. The minimum absolute atomic E-state index is 0.00524. The fourth-order valence-corrected chi connectivity index (χ4v) is 2.75. The molecule has 5 heteroatoms. The van der Waals surface area contributed by atoms with E-state index < -0.39 is 5.41 Å². The number of hydrogen-bond acceptors (Lipinski definition) is 3. The Labute approximate surface area is 133 Å². The molecule has 0 atom stereocenters. The van der Waals surface area contributed by atoms with Crippen molar-refractivity contribution in [3.63, 3.8) is 0 Å². The van der Waals surface area contributed by atoms with Crippen LogP contribution in [0.25, 0.3) is 0 Å². The van der Waals surface area contributed by atoms with Crippen molar-refractivity contribution in [1.82, 2.24) is 4.90 Å². The zero-order valence-electron chi connectivity index (χ0n) is 12.6. The van der Waals surface area contributed by atoms with Gasteiger partial charge in [-0.25, -0.2) is 0 Å². The maximum atomic E-state index is 12.9. The largest absolute Gasteiger partial charge is 0.468 e. The van der Waals surface area contributed by atoms with E-state index in [1.807, 2.05) is 38.1 Å². The smallest absolute Gasteiger partial charge is 0.325 e. The molecule has 0 N–H and O–H groups in total. The molecule has 0 spiro atoms. The summed E-state index contributed by atoms with van der Waals surface area (Å²) in [6.45, 7) is 3.84. The van der Waals surface area contributed by atoms with Crippen LogP contribution in [-0.2, 0) is 19.7 Å². The van der Waals surface area contributed by atoms with Crippen molar-refractivity contribution in [2.75, 3.05) is 13.7 Å². The molecule has 1 aromatic rings. The van der Waals surface area contributed by atoms with Crippen molar-refractivity contribution in [2.45, 2.75) is 38.1 Å². The maximum absolute atomic E-state index is 12.9. The van der Waals surface area contributed by atoms with Gasteiger partial charge < -0.3 is 9.64 Å². The highest BCUT2D eigenvalue weighted by molar-refractivity contribution is 9.10. The fraction of sp³-hybridized carbons (Fsp3) is 0.500. The number of amides is 1.